The maximum atomic E-state index is 5.53. The molecule has 0 bridgehead atoms. The van der Waals surface area contributed by atoms with Crippen molar-refractivity contribution in [2.24, 2.45) is 5.73 Å². The van der Waals surface area contributed by atoms with Crippen molar-refractivity contribution in [3.63, 3.8) is 0 Å². The molecule has 12 heavy (non-hydrogen) atoms. The minimum absolute atomic E-state index is 0.653. The van der Waals surface area contributed by atoms with Gasteiger partial charge in [0.1, 0.15) is 0 Å². The van der Waals surface area contributed by atoms with Crippen LogP contribution in [0.1, 0.15) is 5.56 Å². The first-order chi connectivity index (χ1) is 5.54. The van der Waals surface area contributed by atoms with E-state index in [9.17, 15) is 0 Å². The molecule has 1 rings (SSSR count). The van der Waals surface area contributed by atoms with Crippen LogP contribution in [0.5, 0.6) is 0 Å². The summed E-state index contributed by atoms with van der Waals surface area (Å²) in [6.07, 6.45) is 0. The van der Waals surface area contributed by atoms with Crippen LogP contribution in [0.2, 0.25) is 14.8 Å². The molecular formula is C10H17NSn. The van der Waals surface area contributed by atoms with Crippen LogP contribution in [-0.2, 0) is 6.54 Å². The molecule has 0 aliphatic heterocycles. The third-order valence-corrected chi connectivity index (χ3v) is 7.95. The zero-order chi connectivity index (χ0) is 9.19. The van der Waals surface area contributed by atoms with Crippen molar-refractivity contribution in [2.75, 3.05) is 0 Å². The minimum atomic E-state index is -1.80. The van der Waals surface area contributed by atoms with E-state index < -0.39 is 18.4 Å². The second kappa shape index (κ2) is 3.79. The van der Waals surface area contributed by atoms with Gasteiger partial charge in [0.25, 0.3) is 0 Å². The van der Waals surface area contributed by atoms with Gasteiger partial charge in [0, 0.05) is 0 Å². The fraction of sp³-hybridized carbons (Fsp3) is 0.400. The average molecular weight is 270 g/mol. The van der Waals surface area contributed by atoms with E-state index in [4.69, 9.17) is 5.73 Å². The molecule has 66 valence electrons. The Kier molecular flexibility index (Phi) is 3.18. The van der Waals surface area contributed by atoms with Gasteiger partial charge in [-0.05, 0) is 0 Å². The van der Waals surface area contributed by atoms with E-state index in [2.05, 4.69) is 39.1 Å². The van der Waals surface area contributed by atoms with Gasteiger partial charge in [-0.1, -0.05) is 0 Å². The van der Waals surface area contributed by atoms with Crippen molar-refractivity contribution < 1.29 is 0 Å². The van der Waals surface area contributed by atoms with Gasteiger partial charge in [-0.3, -0.25) is 0 Å². The van der Waals surface area contributed by atoms with Crippen molar-refractivity contribution in [1.29, 1.82) is 0 Å². The summed E-state index contributed by atoms with van der Waals surface area (Å²) < 4.78 is 1.57. The van der Waals surface area contributed by atoms with Crippen LogP contribution >= 0.6 is 0 Å². The van der Waals surface area contributed by atoms with E-state index in [1.54, 1.807) is 3.58 Å². The summed E-state index contributed by atoms with van der Waals surface area (Å²) in [6, 6.07) is 8.80. The van der Waals surface area contributed by atoms with Gasteiger partial charge in [0.05, 0.1) is 0 Å². The van der Waals surface area contributed by atoms with Crippen molar-refractivity contribution in [1.82, 2.24) is 0 Å². The summed E-state index contributed by atoms with van der Waals surface area (Å²) in [5.74, 6) is 0. The zero-order valence-electron chi connectivity index (χ0n) is 8.09. The van der Waals surface area contributed by atoms with E-state index >= 15 is 0 Å². The molecule has 0 fully saturated rings. The first-order valence-corrected chi connectivity index (χ1v) is 14.3. The van der Waals surface area contributed by atoms with Gasteiger partial charge >= 0.3 is 78.9 Å². The summed E-state index contributed by atoms with van der Waals surface area (Å²) in [5, 5.41) is 0. The number of rotatable bonds is 2. The quantitative estimate of drug-likeness (QED) is 0.813. The molecule has 0 aromatic heterocycles. The third kappa shape index (κ3) is 2.49. The van der Waals surface area contributed by atoms with Crippen molar-refractivity contribution in [3.8, 4) is 0 Å². The number of benzene rings is 1. The van der Waals surface area contributed by atoms with Crippen molar-refractivity contribution >= 4 is 22.0 Å². The van der Waals surface area contributed by atoms with Crippen molar-refractivity contribution in [2.45, 2.75) is 21.4 Å². The molecule has 0 radical (unpaired) electrons. The predicted molar refractivity (Wildman–Crippen MR) is 57.3 cm³/mol. The molecule has 2 N–H and O–H groups in total. The van der Waals surface area contributed by atoms with Gasteiger partial charge in [-0.15, -0.1) is 0 Å². The van der Waals surface area contributed by atoms with Crippen LogP contribution in [0.4, 0.5) is 0 Å². The Bertz CT molecular complexity index is 246. The number of hydrogen-bond acceptors (Lipinski definition) is 1. The van der Waals surface area contributed by atoms with Gasteiger partial charge < -0.3 is 0 Å². The summed E-state index contributed by atoms with van der Waals surface area (Å²) in [7, 11) is 0. The average Bonchev–Trinajstić information content (AvgIpc) is 2.03. The van der Waals surface area contributed by atoms with Crippen molar-refractivity contribution in [3.05, 3.63) is 29.8 Å². The molecule has 0 heterocycles. The Morgan fingerprint density at radius 2 is 1.58 bits per heavy atom. The van der Waals surface area contributed by atoms with Gasteiger partial charge in [-0.2, -0.15) is 0 Å². The van der Waals surface area contributed by atoms with Gasteiger partial charge in [-0.25, -0.2) is 0 Å². The van der Waals surface area contributed by atoms with E-state index in [1.165, 1.54) is 5.56 Å². The standard InChI is InChI=1S/C7H8N.3CH3.Sn/c8-6-7-4-2-1-3-5-7;;;;/h2-5H,6,8H2;3*1H3;. The van der Waals surface area contributed by atoms with Gasteiger partial charge in [0.2, 0.25) is 0 Å². The normalized spacial score (nSPS) is 11.7. The maximum absolute atomic E-state index is 5.53. The Morgan fingerprint density at radius 1 is 1.08 bits per heavy atom. The SMILES string of the molecule is [CH3][Sn]([CH3])([CH3])[c]1ccc(CN)cc1. The number of hydrogen-bond donors (Lipinski definition) is 1. The summed E-state index contributed by atoms with van der Waals surface area (Å²) in [6.45, 7) is 0.653. The molecule has 0 aliphatic carbocycles. The fourth-order valence-electron chi connectivity index (χ4n) is 1.14. The molecule has 1 nitrogen and oxygen atoms in total. The Labute approximate surface area is 78.8 Å². The number of nitrogens with two attached hydrogens (primary N) is 1. The summed E-state index contributed by atoms with van der Waals surface area (Å²) in [4.78, 5) is 7.27. The molecule has 1 aromatic carbocycles. The zero-order valence-corrected chi connectivity index (χ0v) is 10.9. The van der Waals surface area contributed by atoms with Crippen LogP contribution < -0.4 is 9.31 Å². The Balaban J connectivity index is 2.93. The molecule has 0 unspecified atom stereocenters. The second-order valence-corrected chi connectivity index (χ2v) is 18.6. The molecule has 0 atom stereocenters. The van der Waals surface area contributed by atoms with E-state index in [1.807, 2.05) is 0 Å². The van der Waals surface area contributed by atoms with E-state index in [-0.39, 0.29) is 0 Å². The Morgan fingerprint density at radius 3 is 1.92 bits per heavy atom. The molecule has 0 saturated carbocycles. The van der Waals surface area contributed by atoms with Crippen LogP contribution in [0.25, 0.3) is 0 Å². The molecule has 0 aliphatic rings. The third-order valence-electron chi connectivity index (χ3n) is 2.06. The van der Waals surface area contributed by atoms with Crippen LogP contribution in [-0.4, -0.2) is 18.4 Å². The molecular weight excluding hydrogens is 253 g/mol. The topological polar surface area (TPSA) is 26.0 Å². The molecule has 0 spiro atoms. The summed E-state index contributed by atoms with van der Waals surface area (Å²) in [5.41, 5.74) is 6.76. The second-order valence-electron chi connectivity index (χ2n) is 4.15. The molecule has 2 heteroatoms. The van der Waals surface area contributed by atoms with Crippen LogP contribution in [0, 0.1) is 0 Å². The summed E-state index contributed by atoms with van der Waals surface area (Å²) >= 11 is -1.80. The van der Waals surface area contributed by atoms with E-state index in [0.29, 0.717) is 6.54 Å². The molecule has 0 saturated heterocycles. The van der Waals surface area contributed by atoms with Gasteiger partial charge in [0.15, 0.2) is 0 Å². The first kappa shape index (κ1) is 10.1. The molecule has 1 aromatic rings. The predicted octanol–water partition coefficient (Wildman–Crippen LogP) is 1.69. The monoisotopic (exact) mass is 271 g/mol. The van der Waals surface area contributed by atoms with Crippen LogP contribution in [0.3, 0.4) is 0 Å². The Hall–Kier alpha value is -0.0213. The van der Waals surface area contributed by atoms with E-state index in [0.717, 1.165) is 0 Å². The fourth-order valence-corrected chi connectivity index (χ4v) is 4.47. The van der Waals surface area contributed by atoms with Crippen LogP contribution in [0.15, 0.2) is 24.3 Å². The molecule has 0 amide bonds. The first-order valence-electron chi connectivity index (χ1n) is 4.33.